The maximum absolute atomic E-state index is 11.2. The van der Waals surface area contributed by atoms with Crippen LogP contribution in [0.4, 0.5) is 0 Å². The second kappa shape index (κ2) is 10.6. The van der Waals surface area contributed by atoms with E-state index in [-0.39, 0.29) is 11.3 Å². The fourth-order valence-corrected chi connectivity index (χ4v) is 3.44. The van der Waals surface area contributed by atoms with Crippen molar-refractivity contribution < 1.29 is 15.0 Å². The molecule has 2 aromatic rings. The van der Waals surface area contributed by atoms with Crippen molar-refractivity contribution in [3.05, 3.63) is 65.2 Å². The third-order valence-electron chi connectivity index (χ3n) is 4.97. The van der Waals surface area contributed by atoms with Crippen molar-refractivity contribution >= 4 is 5.97 Å². The largest absolute Gasteiger partial charge is 0.507 e. The van der Waals surface area contributed by atoms with Crippen LogP contribution in [0, 0.1) is 5.92 Å². The van der Waals surface area contributed by atoms with Crippen LogP contribution < -0.4 is 0 Å². The van der Waals surface area contributed by atoms with Crippen molar-refractivity contribution in [1.82, 2.24) is 0 Å². The molecule has 0 bridgehead atoms. The van der Waals surface area contributed by atoms with E-state index in [1.165, 1.54) is 43.7 Å². The summed E-state index contributed by atoms with van der Waals surface area (Å²) in [5, 5.41) is 18.8. The first kappa shape index (κ1) is 20.0. The van der Waals surface area contributed by atoms with Gasteiger partial charge in [0.2, 0.25) is 0 Å². The molecule has 0 fully saturated rings. The van der Waals surface area contributed by atoms with E-state index < -0.39 is 5.97 Å². The number of aromatic carboxylic acids is 1. The van der Waals surface area contributed by atoms with Crippen molar-refractivity contribution in [2.75, 3.05) is 0 Å². The van der Waals surface area contributed by atoms with Crippen molar-refractivity contribution in [1.29, 1.82) is 0 Å². The third kappa shape index (κ3) is 6.55. The number of unbranched alkanes of at least 4 members (excludes halogenated alkanes) is 3. The SMILES string of the molecule is CCCCCCC(CCc1ccc(O)c(C(=O)O)c1)Cc1ccccc1. The molecule has 0 heterocycles. The summed E-state index contributed by atoms with van der Waals surface area (Å²) < 4.78 is 0. The van der Waals surface area contributed by atoms with Crippen LogP contribution >= 0.6 is 0 Å². The first-order valence-corrected chi connectivity index (χ1v) is 9.69. The van der Waals surface area contributed by atoms with Crippen LogP contribution in [0.5, 0.6) is 5.75 Å². The Hall–Kier alpha value is -2.29. The number of aryl methyl sites for hydroxylation is 1. The van der Waals surface area contributed by atoms with Crippen LogP contribution in [-0.4, -0.2) is 16.2 Å². The quantitative estimate of drug-likeness (QED) is 0.497. The molecule has 0 aliphatic carbocycles. The molecule has 26 heavy (non-hydrogen) atoms. The molecule has 1 unspecified atom stereocenters. The van der Waals surface area contributed by atoms with E-state index in [2.05, 4.69) is 31.2 Å². The van der Waals surface area contributed by atoms with Crippen LogP contribution in [0.2, 0.25) is 0 Å². The van der Waals surface area contributed by atoms with E-state index in [9.17, 15) is 9.90 Å². The molecule has 1 atom stereocenters. The summed E-state index contributed by atoms with van der Waals surface area (Å²) in [7, 11) is 0. The number of carboxylic acids is 1. The highest BCUT2D eigenvalue weighted by molar-refractivity contribution is 5.90. The van der Waals surface area contributed by atoms with Gasteiger partial charge in [0.25, 0.3) is 0 Å². The van der Waals surface area contributed by atoms with Crippen LogP contribution in [-0.2, 0) is 12.8 Å². The van der Waals surface area contributed by atoms with Gasteiger partial charge in [0, 0.05) is 0 Å². The molecule has 2 rings (SSSR count). The smallest absolute Gasteiger partial charge is 0.339 e. The highest BCUT2D eigenvalue weighted by Crippen LogP contribution is 2.24. The molecule has 0 saturated heterocycles. The molecule has 0 saturated carbocycles. The minimum absolute atomic E-state index is 0.00921. The molecule has 0 amide bonds. The molecular formula is C23H30O3. The van der Waals surface area contributed by atoms with Crippen LogP contribution in [0.1, 0.15) is 66.9 Å². The Balaban J connectivity index is 1.98. The number of hydrogen-bond donors (Lipinski definition) is 2. The zero-order chi connectivity index (χ0) is 18.8. The number of hydrogen-bond acceptors (Lipinski definition) is 2. The molecule has 3 nitrogen and oxygen atoms in total. The van der Waals surface area contributed by atoms with Gasteiger partial charge in [0.1, 0.15) is 11.3 Å². The number of carboxylic acid groups (broad SMARTS) is 1. The van der Waals surface area contributed by atoms with Gasteiger partial charge in [-0.15, -0.1) is 0 Å². The number of rotatable bonds is 11. The summed E-state index contributed by atoms with van der Waals surface area (Å²) in [5.74, 6) is -0.650. The first-order valence-electron chi connectivity index (χ1n) is 9.69. The van der Waals surface area contributed by atoms with Gasteiger partial charge in [-0.3, -0.25) is 0 Å². The fourth-order valence-electron chi connectivity index (χ4n) is 3.44. The first-order chi connectivity index (χ1) is 12.6. The highest BCUT2D eigenvalue weighted by Gasteiger charge is 2.13. The lowest BCUT2D eigenvalue weighted by Crippen LogP contribution is -2.07. The monoisotopic (exact) mass is 354 g/mol. The predicted molar refractivity (Wildman–Crippen MR) is 106 cm³/mol. The van der Waals surface area contributed by atoms with Gasteiger partial charge < -0.3 is 10.2 Å². The molecule has 0 aromatic heterocycles. The fraction of sp³-hybridized carbons (Fsp3) is 0.435. The topological polar surface area (TPSA) is 57.5 Å². The standard InChI is InChI=1S/C23H30O3/c1-2-3-4-6-11-19(16-18-9-7-5-8-10-18)12-13-20-14-15-22(24)21(17-20)23(25)26/h5,7-10,14-15,17,19,24H,2-4,6,11-13,16H2,1H3,(H,25,26). The molecular weight excluding hydrogens is 324 g/mol. The summed E-state index contributed by atoms with van der Waals surface area (Å²) >= 11 is 0. The highest BCUT2D eigenvalue weighted by atomic mass is 16.4. The second-order valence-electron chi connectivity index (χ2n) is 7.10. The molecule has 0 aliphatic heterocycles. The van der Waals surface area contributed by atoms with Gasteiger partial charge in [0.15, 0.2) is 0 Å². The summed E-state index contributed by atoms with van der Waals surface area (Å²) in [6.45, 7) is 2.23. The van der Waals surface area contributed by atoms with Gasteiger partial charge in [-0.1, -0.05) is 75.4 Å². The molecule has 0 aliphatic rings. The van der Waals surface area contributed by atoms with Gasteiger partial charge in [-0.05, 0) is 48.4 Å². The van der Waals surface area contributed by atoms with Crippen molar-refractivity contribution in [3.63, 3.8) is 0 Å². The van der Waals surface area contributed by atoms with Gasteiger partial charge in [-0.2, -0.15) is 0 Å². The molecule has 2 N–H and O–H groups in total. The number of benzene rings is 2. The summed E-state index contributed by atoms with van der Waals surface area (Å²) in [6, 6.07) is 15.5. The Labute approximate surface area is 156 Å². The Kier molecular flexibility index (Phi) is 8.20. The maximum atomic E-state index is 11.2. The molecule has 0 radical (unpaired) electrons. The minimum Gasteiger partial charge on any atom is -0.507 e. The summed E-state index contributed by atoms with van der Waals surface area (Å²) in [4.78, 5) is 11.2. The average Bonchev–Trinajstić information content (AvgIpc) is 2.64. The van der Waals surface area contributed by atoms with Gasteiger partial charge >= 0.3 is 5.97 Å². The van der Waals surface area contributed by atoms with E-state index in [0.717, 1.165) is 24.8 Å². The van der Waals surface area contributed by atoms with Crippen LogP contribution in [0.15, 0.2) is 48.5 Å². The lowest BCUT2D eigenvalue weighted by Gasteiger charge is -2.17. The zero-order valence-electron chi connectivity index (χ0n) is 15.7. The van der Waals surface area contributed by atoms with Crippen molar-refractivity contribution in [2.45, 2.75) is 58.3 Å². The summed E-state index contributed by atoms with van der Waals surface area (Å²) in [5.41, 5.74) is 2.33. The van der Waals surface area contributed by atoms with E-state index in [4.69, 9.17) is 5.11 Å². The molecule has 140 valence electrons. The normalized spacial score (nSPS) is 12.0. The average molecular weight is 354 g/mol. The van der Waals surface area contributed by atoms with Crippen LogP contribution in [0.25, 0.3) is 0 Å². The maximum Gasteiger partial charge on any atom is 0.339 e. The third-order valence-corrected chi connectivity index (χ3v) is 4.97. The number of phenols is 1. The number of carbonyl (C=O) groups is 1. The predicted octanol–water partition coefficient (Wildman–Crippen LogP) is 5.85. The van der Waals surface area contributed by atoms with E-state index in [0.29, 0.717) is 5.92 Å². The van der Waals surface area contributed by atoms with E-state index in [1.807, 2.05) is 12.1 Å². The Morgan fingerprint density at radius 2 is 1.73 bits per heavy atom. The minimum atomic E-state index is -1.08. The van der Waals surface area contributed by atoms with Crippen molar-refractivity contribution in [3.8, 4) is 5.75 Å². The Morgan fingerprint density at radius 1 is 0.962 bits per heavy atom. The van der Waals surface area contributed by atoms with Gasteiger partial charge in [0.05, 0.1) is 0 Å². The Morgan fingerprint density at radius 3 is 2.42 bits per heavy atom. The molecule has 0 spiro atoms. The number of aromatic hydroxyl groups is 1. The molecule has 2 aromatic carbocycles. The van der Waals surface area contributed by atoms with Gasteiger partial charge in [-0.25, -0.2) is 4.79 Å². The second-order valence-corrected chi connectivity index (χ2v) is 7.10. The Bertz CT molecular complexity index is 679. The van der Waals surface area contributed by atoms with Crippen LogP contribution in [0.3, 0.4) is 0 Å². The van der Waals surface area contributed by atoms with Crippen molar-refractivity contribution in [2.24, 2.45) is 5.92 Å². The lowest BCUT2D eigenvalue weighted by atomic mass is 9.88. The van der Waals surface area contributed by atoms with E-state index in [1.54, 1.807) is 6.07 Å². The lowest BCUT2D eigenvalue weighted by molar-refractivity contribution is 0.0693. The summed E-state index contributed by atoms with van der Waals surface area (Å²) in [6.07, 6.45) is 9.21. The zero-order valence-corrected chi connectivity index (χ0v) is 15.7. The molecule has 3 heteroatoms. The van der Waals surface area contributed by atoms with E-state index >= 15 is 0 Å².